The zero-order valence-corrected chi connectivity index (χ0v) is 7.27. The molecular weight excluding hydrogens is 174 g/mol. The van der Waals surface area contributed by atoms with Crippen molar-refractivity contribution >= 4 is 5.69 Å². The molecule has 1 N–H and O–H groups in total. The molecule has 70 valence electrons. The first-order valence-corrected chi connectivity index (χ1v) is 3.58. The number of phenolic OH excluding ortho intramolecular Hbond substituents is 1. The van der Waals surface area contributed by atoms with Crippen LogP contribution in [-0.2, 0) is 0 Å². The fourth-order valence-corrected chi connectivity index (χ4v) is 1.02. The predicted octanol–water partition coefficient (Wildman–Crippen LogP) is 1.62. The van der Waals surface area contributed by atoms with Crippen LogP contribution in [0, 0.1) is 17.0 Å². The average Bonchev–Trinajstić information content (AvgIpc) is 2.03. The van der Waals surface area contributed by atoms with Crippen molar-refractivity contribution in [3.63, 3.8) is 0 Å². The van der Waals surface area contributed by atoms with Crippen LogP contribution in [0.3, 0.4) is 0 Å². The van der Waals surface area contributed by atoms with Gasteiger partial charge in [0.1, 0.15) is 0 Å². The lowest BCUT2D eigenvalue weighted by Gasteiger charge is -2.04. The molecular formula is C8H9NO4. The summed E-state index contributed by atoms with van der Waals surface area (Å²) in [5.74, 6) is 0.0166. The summed E-state index contributed by atoms with van der Waals surface area (Å²) in [5, 5.41) is 19.7. The van der Waals surface area contributed by atoms with Gasteiger partial charge < -0.3 is 9.84 Å². The Balaban J connectivity index is 3.30. The number of aromatic hydroxyl groups is 1. The second kappa shape index (κ2) is 3.30. The quantitative estimate of drug-likeness (QED) is 0.558. The Kier molecular flexibility index (Phi) is 2.36. The third kappa shape index (κ3) is 1.69. The van der Waals surface area contributed by atoms with E-state index < -0.39 is 4.92 Å². The van der Waals surface area contributed by atoms with E-state index in [0.717, 1.165) is 0 Å². The Morgan fingerprint density at radius 1 is 1.54 bits per heavy atom. The second-order valence-electron chi connectivity index (χ2n) is 2.57. The molecule has 0 spiro atoms. The Bertz CT molecular complexity index is 348. The van der Waals surface area contributed by atoms with Crippen LogP contribution in [-0.4, -0.2) is 17.1 Å². The number of nitro benzene ring substituents is 1. The predicted molar refractivity (Wildman–Crippen MR) is 46.1 cm³/mol. The van der Waals surface area contributed by atoms with Crippen LogP contribution in [0.4, 0.5) is 5.69 Å². The Labute approximate surface area is 74.7 Å². The molecule has 1 aromatic carbocycles. The minimum atomic E-state index is -0.517. The molecule has 0 heterocycles. The van der Waals surface area contributed by atoms with E-state index in [2.05, 4.69) is 0 Å². The summed E-state index contributed by atoms with van der Waals surface area (Å²) >= 11 is 0. The number of phenols is 1. The number of nitrogens with zero attached hydrogens (tertiary/aromatic N) is 1. The van der Waals surface area contributed by atoms with Crippen LogP contribution in [0.1, 0.15) is 5.56 Å². The second-order valence-corrected chi connectivity index (χ2v) is 2.57. The normalized spacial score (nSPS) is 9.69. The minimum Gasteiger partial charge on any atom is -0.504 e. The number of methoxy groups -OCH3 is 1. The van der Waals surface area contributed by atoms with Crippen LogP contribution < -0.4 is 4.74 Å². The number of hydrogen-bond acceptors (Lipinski definition) is 4. The lowest BCUT2D eigenvalue weighted by atomic mass is 10.2. The van der Waals surface area contributed by atoms with Gasteiger partial charge in [0.25, 0.3) is 5.69 Å². The summed E-state index contributed by atoms with van der Waals surface area (Å²) in [6, 6.07) is 2.50. The molecule has 0 radical (unpaired) electrons. The average molecular weight is 183 g/mol. The fraction of sp³-hybridized carbons (Fsp3) is 0.250. The van der Waals surface area contributed by atoms with Crippen molar-refractivity contribution in [1.29, 1.82) is 0 Å². The summed E-state index contributed by atoms with van der Waals surface area (Å²) in [6.07, 6.45) is 0. The first kappa shape index (κ1) is 9.31. The molecule has 0 aliphatic carbocycles. The molecule has 0 atom stereocenters. The van der Waals surface area contributed by atoms with Gasteiger partial charge in [-0.2, -0.15) is 0 Å². The van der Waals surface area contributed by atoms with E-state index >= 15 is 0 Å². The van der Waals surface area contributed by atoms with Crippen LogP contribution in [0.15, 0.2) is 12.1 Å². The summed E-state index contributed by atoms with van der Waals surface area (Å²) in [4.78, 5) is 9.95. The van der Waals surface area contributed by atoms with Crippen molar-refractivity contribution in [1.82, 2.24) is 0 Å². The Morgan fingerprint density at radius 2 is 2.15 bits per heavy atom. The first-order valence-electron chi connectivity index (χ1n) is 3.58. The molecule has 0 aliphatic rings. The van der Waals surface area contributed by atoms with Gasteiger partial charge in [0.05, 0.1) is 18.1 Å². The maximum atomic E-state index is 10.5. The number of hydrogen-bond donors (Lipinski definition) is 1. The van der Waals surface area contributed by atoms with Crippen LogP contribution in [0.2, 0.25) is 0 Å². The standard InChI is InChI=1S/C8H9NO4/c1-5-3-7(10)8(13-2)4-6(5)9(11)12/h3-4,10H,1-2H3. The Hall–Kier alpha value is -1.78. The summed E-state index contributed by atoms with van der Waals surface area (Å²) in [5.41, 5.74) is 0.345. The first-order chi connectivity index (χ1) is 6.06. The molecule has 0 aromatic heterocycles. The molecule has 5 heteroatoms. The molecule has 0 amide bonds. The smallest absolute Gasteiger partial charge is 0.276 e. The highest BCUT2D eigenvalue weighted by Gasteiger charge is 2.14. The number of nitro groups is 1. The van der Waals surface area contributed by atoms with Crippen molar-refractivity contribution in [2.24, 2.45) is 0 Å². The summed E-state index contributed by atoms with van der Waals surface area (Å²) in [7, 11) is 1.34. The highest BCUT2D eigenvalue weighted by atomic mass is 16.6. The molecule has 1 rings (SSSR count). The monoisotopic (exact) mass is 183 g/mol. The van der Waals surface area contributed by atoms with E-state index in [-0.39, 0.29) is 17.2 Å². The van der Waals surface area contributed by atoms with Gasteiger partial charge >= 0.3 is 0 Å². The number of ether oxygens (including phenoxy) is 1. The molecule has 0 aliphatic heterocycles. The molecule has 13 heavy (non-hydrogen) atoms. The largest absolute Gasteiger partial charge is 0.504 e. The summed E-state index contributed by atoms with van der Waals surface area (Å²) in [6.45, 7) is 1.55. The van der Waals surface area contributed by atoms with Crippen molar-refractivity contribution in [2.45, 2.75) is 6.92 Å². The summed E-state index contributed by atoms with van der Waals surface area (Å²) < 4.78 is 4.74. The Morgan fingerprint density at radius 3 is 2.62 bits per heavy atom. The third-order valence-electron chi connectivity index (χ3n) is 1.69. The SMILES string of the molecule is COc1cc([N+](=O)[O-])c(C)cc1O. The highest BCUT2D eigenvalue weighted by Crippen LogP contribution is 2.32. The zero-order chi connectivity index (χ0) is 10.0. The van der Waals surface area contributed by atoms with E-state index in [0.29, 0.717) is 5.56 Å². The molecule has 0 saturated carbocycles. The van der Waals surface area contributed by atoms with Gasteiger partial charge in [0, 0.05) is 5.56 Å². The molecule has 0 bridgehead atoms. The van der Waals surface area contributed by atoms with E-state index in [9.17, 15) is 15.2 Å². The molecule has 1 aromatic rings. The van der Waals surface area contributed by atoms with Crippen molar-refractivity contribution in [3.8, 4) is 11.5 Å². The molecule has 5 nitrogen and oxygen atoms in total. The topological polar surface area (TPSA) is 72.6 Å². The van der Waals surface area contributed by atoms with Crippen LogP contribution in [0.25, 0.3) is 0 Å². The lowest BCUT2D eigenvalue weighted by molar-refractivity contribution is -0.385. The zero-order valence-electron chi connectivity index (χ0n) is 7.27. The fourth-order valence-electron chi connectivity index (χ4n) is 1.02. The van der Waals surface area contributed by atoms with E-state index in [1.807, 2.05) is 0 Å². The van der Waals surface area contributed by atoms with Gasteiger partial charge in [0.2, 0.25) is 0 Å². The van der Waals surface area contributed by atoms with Crippen molar-refractivity contribution in [2.75, 3.05) is 7.11 Å². The van der Waals surface area contributed by atoms with E-state index in [1.54, 1.807) is 6.92 Å². The number of rotatable bonds is 2. The maximum Gasteiger partial charge on any atom is 0.276 e. The minimum absolute atomic E-state index is 0.0605. The highest BCUT2D eigenvalue weighted by molar-refractivity contribution is 5.52. The van der Waals surface area contributed by atoms with Gasteiger partial charge in [0.15, 0.2) is 11.5 Å². The number of benzene rings is 1. The van der Waals surface area contributed by atoms with Crippen molar-refractivity contribution in [3.05, 3.63) is 27.8 Å². The van der Waals surface area contributed by atoms with Gasteiger partial charge in [-0.25, -0.2) is 0 Å². The lowest BCUT2D eigenvalue weighted by Crippen LogP contribution is -1.93. The molecule has 0 unspecified atom stereocenters. The van der Waals surface area contributed by atoms with Gasteiger partial charge in [-0.1, -0.05) is 0 Å². The molecule has 0 fully saturated rings. The van der Waals surface area contributed by atoms with Gasteiger partial charge in [-0.3, -0.25) is 10.1 Å². The molecule has 0 saturated heterocycles. The maximum absolute atomic E-state index is 10.5. The van der Waals surface area contributed by atoms with Crippen molar-refractivity contribution < 1.29 is 14.8 Å². The van der Waals surface area contributed by atoms with Gasteiger partial charge in [-0.15, -0.1) is 0 Å². The number of aryl methyl sites for hydroxylation is 1. The van der Waals surface area contributed by atoms with Crippen LogP contribution >= 0.6 is 0 Å². The van der Waals surface area contributed by atoms with E-state index in [4.69, 9.17) is 4.74 Å². The third-order valence-corrected chi connectivity index (χ3v) is 1.69. The van der Waals surface area contributed by atoms with Crippen LogP contribution in [0.5, 0.6) is 11.5 Å². The van der Waals surface area contributed by atoms with Gasteiger partial charge in [-0.05, 0) is 13.0 Å². The van der Waals surface area contributed by atoms with E-state index in [1.165, 1.54) is 19.2 Å².